The topological polar surface area (TPSA) is 46.5 Å². The second kappa shape index (κ2) is 4.63. The molecule has 0 spiro atoms. The SMILES string of the molecule is CCCC1=NS(=O)(=O)c2cc(C)c(Cl)cc2S1. The summed E-state index contributed by atoms with van der Waals surface area (Å²) in [6.45, 7) is 3.78. The molecular weight excluding hydrogens is 278 g/mol. The highest BCUT2D eigenvalue weighted by Crippen LogP contribution is 2.38. The molecule has 6 heteroatoms. The van der Waals surface area contributed by atoms with Crippen molar-refractivity contribution in [1.29, 1.82) is 0 Å². The lowest BCUT2D eigenvalue weighted by atomic mass is 10.2. The molecule has 0 atom stereocenters. The quantitative estimate of drug-likeness (QED) is 0.835. The summed E-state index contributed by atoms with van der Waals surface area (Å²) in [5.41, 5.74) is 0.753. The van der Waals surface area contributed by atoms with Crippen LogP contribution >= 0.6 is 23.4 Å². The van der Waals surface area contributed by atoms with E-state index in [1.165, 1.54) is 11.8 Å². The Kier molecular flexibility index (Phi) is 3.52. The van der Waals surface area contributed by atoms with E-state index in [9.17, 15) is 8.42 Å². The highest BCUT2D eigenvalue weighted by atomic mass is 35.5. The minimum absolute atomic E-state index is 0.268. The summed E-state index contributed by atoms with van der Waals surface area (Å²) in [6.07, 6.45) is 1.55. The van der Waals surface area contributed by atoms with E-state index in [-0.39, 0.29) is 4.90 Å². The van der Waals surface area contributed by atoms with E-state index >= 15 is 0 Å². The molecule has 92 valence electrons. The maximum absolute atomic E-state index is 12.0. The van der Waals surface area contributed by atoms with Crippen molar-refractivity contribution < 1.29 is 8.42 Å². The summed E-state index contributed by atoms with van der Waals surface area (Å²) >= 11 is 7.41. The minimum Gasteiger partial charge on any atom is -0.199 e. The van der Waals surface area contributed by atoms with Gasteiger partial charge in [0.2, 0.25) is 0 Å². The third-order valence-electron chi connectivity index (χ3n) is 2.42. The smallest absolute Gasteiger partial charge is 0.199 e. The molecule has 0 unspecified atom stereocenters. The van der Waals surface area contributed by atoms with Gasteiger partial charge in [0.05, 0.1) is 5.04 Å². The Labute approximate surface area is 110 Å². The highest BCUT2D eigenvalue weighted by molar-refractivity contribution is 8.15. The number of hydrogen-bond acceptors (Lipinski definition) is 3. The van der Waals surface area contributed by atoms with Gasteiger partial charge in [-0.3, -0.25) is 0 Å². The first-order valence-corrected chi connectivity index (χ1v) is 7.89. The van der Waals surface area contributed by atoms with E-state index in [1.54, 1.807) is 19.1 Å². The average molecular weight is 290 g/mol. The van der Waals surface area contributed by atoms with Crippen LogP contribution in [0.25, 0.3) is 0 Å². The Morgan fingerprint density at radius 2 is 2.12 bits per heavy atom. The van der Waals surface area contributed by atoms with Gasteiger partial charge in [0.1, 0.15) is 4.90 Å². The molecule has 0 aromatic heterocycles. The second-order valence-corrected chi connectivity index (χ2v) is 6.96. The van der Waals surface area contributed by atoms with Crippen molar-refractivity contribution >= 4 is 38.4 Å². The molecule has 2 rings (SSSR count). The number of fused-ring (bicyclic) bond motifs is 1. The third kappa shape index (κ3) is 2.51. The molecule has 0 saturated carbocycles. The summed E-state index contributed by atoms with van der Waals surface area (Å²) in [7, 11) is -3.54. The Morgan fingerprint density at radius 3 is 2.76 bits per heavy atom. The second-order valence-electron chi connectivity index (χ2n) is 3.86. The van der Waals surface area contributed by atoms with Gasteiger partial charge < -0.3 is 0 Å². The van der Waals surface area contributed by atoms with Gasteiger partial charge in [0.15, 0.2) is 0 Å². The van der Waals surface area contributed by atoms with Gasteiger partial charge in [0.25, 0.3) is 10.0 Å². The lowest BCUT2D eigenvalue weighted by Crippen LogP contribution is -2.09. The standard InChI is InChI=1S/C11H12ClNO2S2/c1-3-4-11-13-17(14,15)10-5-7(2)8(12)6-9(10)16-11/h5-6H,3-4H2,1-2H3. The molecule has 1 aliphatic heterocycles. The van der Waals surface area contributed by atoms with Crippen LogP contribution in [0, 0.1) is 6.92 Å². The Balaban J connectivity index is 2.57. The molecule has 0 aliphatic carbocycles. The van der Waals surface area contributed by atoms with Crippen LogP contribution in [0.1, 0.15) is 25.3 Å². The van der Waals surface area contributed by atoms with E-state index in [0.29, 0.717) is 21.4 Å². The van der Waals surface area contributed by atoms with Crippen molar-refractivity contribution in [3.63, 3.8) is 0 Å². The van der Waals surface area contributed by atoms with Crippen LogP contribution < -0.4 is 0 Å². The van der Waals surface area contributed by atoms with Gasteiger partial charge in [-0.05, 0) is 31.0 Å². The van der Waals surface area contributed by atoms with Crippen molar-refractivity contribution in [2.24, 2.45) is 4.40 Å². The van der Waals surface area contributed by atoms with Crippen molar-refractivity contribution in [3.8, 4) is 0 Å². The predicted molar refractivity (Wildman–Crippen MR) is 71.6 cm³/mol. The minimum atomic E-state index is -3.54. The molecule has 3 nitrogen and oxygen atoms in total. The van der Waals surface area contributed by atoms with E-state index in [0.717, 1.165) is 12.0 Å². The van der Waals surface area contributed by atoms with Crippen molar-refractivity contribution in [2.75, 3.05) is 0 Å². The lowest BCUT2D eigenvalue weighted by Gasteiger charge is -2.16. The fraction of sp³-hybridized carbons (Fsp3) is 0.364. The zero-order valence-electron chi connectivity index (χ0n) is 9.53. The molecular formula is C11H12ClNO2S2. The number of halogens is 1. The fourth-order valence-corrected chi connectivity index (χ4v) is 4.66. The molecule has 0 N–H and O–H groups in total. The van der Waals surface area contributed by atoms with Crippen LogP contribution in [0.4, 0.5) is 0 Å². The number of aryl methyl sites for hydroxylation is 1. The number of benzene rings is 1. The van der Waals surface area contributed by atoms with Gasteiger partial charge in [0, 0.05) is 9.92 Å². The molecule has 1 aliphatic rings. The lowest BCUT2D eigenvalue weighted by molar-refractivity contribution is 0.595. The molecule has 17 heavy (non-hydrogen) atoms. The van der Waals surface area contributed by atoms with Gasteiger partial charge in [-0.1, -0.05) is 36.7 Å². The number of rotatable bonds is 2. The zero-order valence-corrected chi connectivity index (χ0v) is 11.9. The van der Waals surface area contributed by atoms with Crippen LogP contribution in [0.2, 0.25) is 5.02 Å². The first kappa shape index (κ1) is 12.9. The average Bonchev–Trinajstić information content (AvgIpc) is 2.21. The maximum Gasteiger partial charge on any atom is 0.284 e. The molecule has 0 saturated heterocycles. The number of hydrogen-bond donors (Lipinski definition) is 0. The molecule has 1 aromatic rings. The molecule has 1 heterocycles. The predicted octanol–water partition coefficient (Wildman–Crippen LogP) is 3.64. The van der Waals surface area contributed by atoms with Crippen LogP contribution in [0.15, 0.2) is 26.3 Å². The molecule has 1 aromatic carbocycles. The summed E-state index contributed by atoms with van der Waals surface area (Å²) in [5, 5.41) is 1.23. The van der Waals surface area contributed by atoms with Crippen LogP contribution in [-0.2, 0) is 10.0 Å². The molecule has 0 fully saturated rings. The normalized spacial score (nSPS) is 17.5. The third-order valence-corrected chi connectivity index (χ3v) is 5.51. The zero-order chi connectivity index (χ0) is 12.6. The van der Waals surface area contributed by atoms with E-state index in [1.807, 2.05) is 6.92 Å². The van der Waals surface area contributed by atoms with E-state index < -0.39 is 10.0 Å². The van der Waals surface area contributed by atoms with Gasteiger partial charge >= 0.3 is 0 Å². The number of sulfonamides is 1. The number of nitrogens with zero attached hydrogens (tertiary/aromatic N) is 1. The van der Waals surface area contributed by atoms with Crippen molar-refractivity contribution in [2.45, 2.75) is 36.5 Å². The Morgan fingerprint density at radius 1 is 1.41 bits per heavy atom. The van der Waals surface area contributed by atoms with Crippen LogP contribution in [0.3, 0.4) is 0 Å². The first-order valence-electron chi connectivity index (χ1n) is 5.26. The van der Waals surface area contributed by atoms with Gasteiger partial charge in [-0.25, -0.2) is 0 Å². The van der Waals surface area contributed by atoms with Crippen molar-refractivity contribution in [3.05, 3.63) is 22.7 Å². The van der Waals surface area contributed by atoms with Gasteiger partial charge in [-0.15, -0.1) is 0 Å². The molecule has 0 amide bonds. The summed E-state index contributed by atoms with van der Waals surface area (Å²) < 4.78 is 27.8. The summed E-state index contributed by atoms with van der Waals surface area (Å²) in [6, 6.07) is 3.30. The highest BCUT2D eigenvalue weighted by Gasteiger charge is 2.26. The fourth-order valence-electron chi connectivity index (χ4n) is 1.56. The van der Waals surface area contributed by atoms with E-state index in [2.05, 4.69) is 4.40 Å². The molecule has 0 bridgehead atoms. The van der Waals surface area contributed by atoms with Crippen LogP contribution in [-0.4, -0.2) is 13.5 Å². The Bertz CT molecular complexity index is 594. The van der Waals surface area contributed by atoms with Gasteiger partial charge in [-0.2, -0.15) is 12.8 Å². The Hall–Kier alpha value is -0.520. The maximum atomic E-state index is 12.0. The molecule has 0 radical (unpaired) electrons. The first-order chi connectivity index (χ1) is 7.94. The van der Waals surface area contributed by atoms with Crippen molar-refractivity contribution in [1.82, 2.24) is 0 Å². The van der Waals surface area contributed by atoms with Crippen LogP contribution in [0.5, 0.6) is 0 Å². The summed E-state index contributed by atoms with van der Waals surface area (Å²) in [5.74, 6) is 0. The summed E-state index contributed by atoms with van der Waals surface area (Å²) in [4.78, 5) is 0.948. The monoisotopic (exact) mass is 289 g/mol. The largest absolute Gasteiger partial charge is 0.284 e. The van der Waals surface area contributed by atoms with E-state index in [4.69, 9.17) is 11.6 Å². The number of thioether (sulfide) groups is 1.